The van der Waals surface area contributed by atoms with Crippen molar-refractivity contribution >= 4 is 17.5 Å². The van der Waals surface area contributed by atoms with Crippen LogP contribution in [-0.4, -0.2) is 41.1 Å². The summed E-state index contributed by atoms with van der Waals surface area (Å²) in [4.78, 5) is 25.1. The maximum absolute atomic E-state index is 12.4. The van der Waals surface area contributed by atoms with Gasteiger partial charge in [0.25, 0.3) is 0 Å². The van der Waals surface area contributed by atoms with E-state index in [0.29, 0.717) is 17.8 Å². The Morgan fingerprint density at radius 2 is 1.92 bits per heavy atom. The van der Waals surface area contributed by atoms with Crippen LogP contribution in [0.25, 0.3) is 0 Å². The van der Waals surface area contributed by atoms with Gasteiger partial charge in [-0.1, -0.05) is 42.5 Å². The number of anilines is 1. The molecule has 2 aromatic carbocycles. The maximum Gasteiger partial charge on any atom is 0.249 e. The molecule has 0 spiro atoms. The lowest BCUT2D eigenvalue weighted by Crippen LogP contribution is -2.51. The van der Waals surface area contributed by atoms with Gasteiger partial charge in [-0.3, -0.25) is 9.59 Å². The van der Waals surface area contributed by atoms with Gasteiger partial charge in [-0.2, -0.15) is 0 Å². The average molecular weight is 354 g/mol. The first kappa shape index (κ1) is 18.1. The quantitative estimate of drug-likeness (QED) is 0.862. The fourth-order valence-corrected chi connectivity index (χ4v) is 3.06. The normalized spacial score (nSPS) is 18.5. The molecule has 2 amide bonds. The van der Waals surface area contributed by atoms with Gasteiger partial charge in [0, 0.05) is 19.2 Å². The fraction of sp³-hybridized carbons (Fsp3) is 0.300. The first-order valence-corrected chi connectivity index (χ1v) is 8.51. The zero-order valence-electron chi connectivity index (χ0n) is 14.6. The number of aliphatic hydroxyl groups excluding tert-OH is 1. The number of hydrogen-bond donors (Lipinski definition) is 2. The van der Waals surface area contributed by atoms with Crippen LogP contribution >= 0.6 is 0 Å². The molecular formula is C20H22N2O4. The Morgan fingerprint density at radius 3 is 2.58 bits per heavy atom. The highest BCUT2D eigenvalue weighted by atomic mass is 16.5. The average Bonchev–Trinajstić information content (AvgIpc) is 2.64. The smallest absolute Gasteiger partial charge is 0.249 e. The van der Waals surface area contributed by atoms with E-state index in [9.17, 15) is 14.7 Å². The molecule has 0 saturated carbocycles. The molecule has 2 N–H and O–H groups in total. The number of nitrogens with one attached hydrogen (secondary N) is 1. The number of nitrogens with zero attached hydrogens (tertiary/aromatic N) is 1. The van der Waals surface area contributed by atoms with Gasteiger partial charge in [0.1, 0.15) is 12.7 Å². The van der Waals surface area contributed by atoms with Gasteiger partial charge in [-0.05, 0) is 23.3 Å². The SMILES string of the molecule is CC(=O)Nc1ccc(C(O)C2COCC(=O)N2Cc2ccccc2)cc1. The minimum Gasteiger partial charge on any atom is -0.386 e. The Morgan fingerprint density at radius 1 is 1.23 bits per heavy atom. The summed E-state index contributed by atoms with van der Waals surface area (Å²) in [6, 6.07) is 16.2. The lowest BCUT2D eigenvalue weighted by atomic mass is 9.99. The number of rotatable bonds is 5. The Bertz CT molecular complexity index is 761. The predicted molar refractivity (Wildman–Crippen MR) is 97.3 cm³/mol. The van der Waals surface area contributed by atoms with Crippen LogP contribution in [0.4, 0.5) is 5.69 Å². The molecule has 3 rings (SSSR count). The van der Waals surface area contributed by atoms with Crippen molar-refractivity contribution in [1.29, 1.82) is 0 Å². The lowest BCUT2D eigenvalue weighted by Gasteiger charge is -2.38. The van der Waals surface area contributed by atoms with E-state index in [2.05, 4.69) is 5.32 Å². The van der Waals surface area contributed by atoms with Gasteiger partial charge >= 0.3 is 0 Å². The van der Waals surface area contributed by atoms with E-state index in [0.717, 1.165) is 5.56 Å². The van der Waals surface area contributed by atoms with Crippen LogP contribution in [0, 0.1) is 0 Å². The van der Waals surface area contributed by atoms with Gasteiger partial charge in [0.2, 0.25) is 11.8 Å². The second-order valence-corrected chi connectivity index (χ2v) is 6.34. The number of amides is 2. The number of benzene rings is 2. The Labute approximate surface area is 152 Å². The van der Waals surface area contributed by atoms with E-state index in [-0.39, 0.29) is 25.0 Å². The third kappa shape index (κ3) is 4.28. The van der Waals surface area contributed by atoms with E-state index in [1.807, 2.05) is 30.3 Å². The Balaban J connectivity index is 1.77. The van der Waals surface area contributed by atoms with Crippen LogP contribution in [0.1, 0.15) is 24.2 Å². The van der Waals surface area contributed by atoms with Crippen LogP contribution in [0.5, 0.6) is 0 Å². The third-order valence-corrected chi connectivity index (χ3v) is 4.37. The van der Waals surface area contributed by atoms with Crippen LogP contribution < -0.4 is 5.32 Å². The van der Waals surface area contributed by atoms with Gasteiger partial charge in [-0.15, -0.1) is 0 Å². The molecule has 1 aliphatic heterocycles. The molecule has 0 radical (unpaired) electrons. The summed E-state index contributed by atoms with van der Waals surface area (Å²) >= 11 is 0. The summed E-state index contributed by atoms with van der Waals surface area (Å²) < 4.78 is 5.37. The molecule has 136 valence electrons. The molecule has 0 aromatic heterocycles. The number of aliphatic hydroxyl groups is 1. The van der Waals surface area contributed by atoms with E-state index in [4.69, 9.17) is 4.74 Å². The molecule has 2 aromatic rings. The first-order chi connectivity index (χ1) is 12.5. The Hall–Kier alpha value is -2.70. The molecule has 1 saturated heterocycles. The van der Waals surface area contributed by atoms with Crippen molar-refractivity contribution in [2.45, 2.75) is 25.6 Å². The second-order valence-electron chi connectivity index (χ2n) is 6.34. The van der Waals surface area contributed by atoms with Gasteiger partial charge in [-0.25, -0.2) is 0 Å². The fourth-order valence-electron chi connectivity index (χ4n) is 3.06. The standard InChI is InChI=1S/C20H22N2O4/c1-14(23)21-17-9-7-16(8-10-17)20(25)18-12-26-13-19(24)22(18)11-15-5-3-2-4-6-15/h2-10,18,20,25H,11-13H2,1H3,(H,21,23). The highest BCUT2D eigenvalue weighted by Gasteiger charge is 2.34. The largest absolute Gasteiger partial charge is 0.386 e. The van der Waals surface area contributed by atoms with Crippen LogP contribution in [0.3, 0.4) is 0 Å². The summed E-state index contributed by atoms with van der Waals surface area (Å²) in [5.74, 6) is -0.294. The Kier molecular flexibility index (Phi) is 5.65. The van der Waals surface area contributed by atoms with Crippen LogP contribution in [0.15, 0.2) is 54.6 Å². The highest BCUT2D eigenvalue weighted by molar-refractivity contribution is 5.88. The molecule has 26 heavy (non-hydrogen) atoms. The summed E-state index contributed by atoms with van der Waals surface area (Å²) in [6.45, 7) is 2.16. The number of ether oxygens (including phenoxy) is 1. The van der Waals surface area contributed by atoms with Crippen molar-refractivity contribution in [2.24, 2.45) is 0 Å². The van der Waals surface area contributed by atoms with Crippen molar-refractivity contribution < 1.29 is 19.4 Å². The minimum atomic E-state index is -0.880. The predicted octanol–water partition coefficient (Wildman–Crippen LogP) is 2.11. The van der Waals surface area contributed by atoms with Crippen LogP contribution in [0.2, 0.25) is 0 Å². The molecule has 1 heterocycles. The van der Waals surface area contributed by atoms with Gasteiger partial charge in [0.15, 0.2) is 0 Å². The zero-order chi connectivity index (χ0) is 18.5. The molecule has 6 nitrogen and oxygen atoms in total. The molecule has 1 aliphatic rings. The number of carbonyl (C=O) groups excluding carboxylic acids is 2. The lowest BCUT2D eigenvalue weighted by molar-refractivity contribution is -0.155. The molecule has 2 atom stereocenters. The van der Waals surface area contributed by atoms with E-state index in [1.165, 1.54) is 6.92 Å². The van der Waals surface area contributed by atoms with Crippen molar-refractivity contribution in [3.8, 4) is 0 Å². The topological polar surface area (TPSA) is 78.9 Å². The van der Waals surface area contributed by atoms with Crippen molar-refractivity contribution in [3.05, 3.63) is 65.7 Å². The van der Waals surface area contributed by atoms with Crippen molar-refractivity contribution in [3.63, 3.8) is 0 Å². The van der Waals surface area contributed by atoms with E-state index < -0.39 is 12.1 Å². The van der Waals surface area contributed by atoms with Gasteiger partial charge in [0.05, 0.1) is 12.6 Å². The molecule has 0 aliphatic carbocycles. The summed E-state index contributed by atoms with van der Waals surface area (Å²) in [5.41, 5.74) is 2.33. The van der Waals surface area contributed by atoms with E-state index >= 15 is 0 Å². The van der Waals surface area contributed by atoms with Crippen molar-refractivity contribution in [1.82, 2.24) is 4.90 Å². The highest BCUT2D eigenvalue weighted by Crippen LogP contribution is 2.26. The molecule has 6 heteroatoms. The summed E-state index contributed by atoms with van der Waals surface area (Å²) in [7, 11) is 0. The maximum atomic E-state index is 12.4. The molecule has 2 unspecified atom stereocenters. The number of hydrogen-bond acceptors (Lipinski definition) is 4. The zero-order valence-corrected chi connectivity index (χ0v) is 14.6. The first-order valence-electron chi connectivity index (χ1n) is 8.51. The summed E-state index contributed by atoms with van der Waals surface area (Å²) in [5, 5.41) is 13.5. The second kappa shape index (κ2) is 8.12. The van der Waals surface area contributed by atoms with E-state index in [1.54, 1.807) is 29.2 Å². The number of morpholine rings is 1. The summed E-state index contributed by atoms with van der Waals surface area (Å²) in [6.07, 6.45) is -0.880. The van der Waals surface area contributed by atoms with Gasteiger partial charge < -0.3 is 20.1 Å². The molecule has 1 fully saturated rings. The third-order valence-electron chi connectivity index (χ3n) is 4.37. The molecule has 0 bridgehead atoms. The van der Waals surface area contributed by atoms with Crippen molar-refractivity contribution in [2.75, 3.05) is 18.5 Å². The number of carbonyl (C=O) groups is 2. The molecular weight excluding hydrogens is 332 g/mol. The monoisotopic (exact) mass is 354 g/mol. The minimum absolute atomic E-state index is 0.0253. The van der Waals surface area contributed by atoms with Crippen LogP contribution in [-0.2, 0) is 20.9 Å².